The highest BCUT2D eigenvalue weighted by molar-refractivity contribution is 7.10. The molecule has 0 aliphatic heterocycles. The average Bonchev–Trinajstić information content (AvgIpc) is 3.07. The van der Waals surface area contributed by atoms with E-state index >= 15 is 0 Å². The minimum absolute atomic E-state index is 0.0549. The number of benzene rings is 1. The van der Waals surface area contributed by atoms with Crippen LogP contribution in [0.15, 0.2) is 54.0 Å². The molecule has 3 rings (SSSR count). The number of fused-ring (bicyclic) bond motifs is 1. The molecule has 0 aliphatic carbocycles. The van der Waals surface area contributed by atoms with Gasteiger partial charge in [-0.15, -0.1) is 11.3 Å². The number of thiophene rings is 1. The molecule has 0 spiro atoms. The van der Waals surface area contributed by atoms with Crippen LogP contribution in [-0.2, 0) is 11.2 Å². The van der Waals surface area contributed by atoms with Crippen molar-refractivity contribution in [2.24, 2.45) is 0 Å². The van der Waals surface area contributed by atoms with E-state index in [9.17, 15) is 4.79 Å². The van der Waals surface area contributed by atoms with Gasteiger partial charge in [-0.25, -0.2) is 0 Å². The second-order valence-corrected chi connectivity index (χ2v) is 6.17. The first kappa shape index (κ1) is 15.5. The SMILES string of the molecule is O=C(Cc1cccs1)NCCCOc1cccc2cccnc12. The number of aromatic nitrogens is 1. The van der Waals surface area contributed by atoms with Crippen molar-refractivity contribution in [3.63, 3.8) is 0 Å². The van der Waals surface area contributed by atoms with Gasteiger partial charge in [-0.05, 0) is 30.0 Å². The summed E-state index contributed by atoms with van der Waals surface area (Å²) in [7, 11) is 0. The van der Waals surface area contributed by atoms with E-state index in [2.05, 4.69) is 10.3 Å². The van der Waals surface area contributed by atoms with Gasteiger partial charge >= 0.3 is 0 Å². The summed E-state index contributed by atoms with van der Waals surface area (Å²) >= 11 is 1.60. The van der Waals surface area contributed by atoms with E-state index in [0.717, 1.165) is 28.0 Å². The van der Waals surface area contributed by atoms with E-state index in [0.29, 0.717) is 19.6 Å². The predicted molar refractivity (Wildman–Crippen MR) is 92.9 cm³/mol. The molecule has 0 atom stereocenters. The molecule has 1 amide bonds. The monoisotopic (exact) mass is 326 g/mol. The maximum atomic E-state index is 11.8. The molecule has 2 aromatic heterocycles. The summed E-state index contributed by atoms with van der Waals surface area (Å²) in [6.07, 6.45) is 2.98. The van der Waals surface area contributed by atoms with Crippen LogP contribution in [0.5, 0.6) is 5.75 Å². The highest BCUT2D eigenvalue weighted by atomic mass is 32.1. The van der Waals surface area contributed by atoms with Gasteiger partial charge in [-0.2, -0.15) is 0 Å². The van der Waals surface area contributed by atoms with E-state index in [-0.39, 0.29) is 5.91 Å². The van der Waals surface area contributed by atoms with E-state index in [4.69, 9.17) is 4.74 Å². The molecular formula is C18H18N2O2S. The maximum absolute atomic E-state index is 11.8. The molecule has 0 radical (unpaired) electrons. The Balaban J connectivity index is 1.42. The Hall–Kier alpha value is -2.40. The van der Waals surface area contributed by atoms with Crippen LogP contribution < -0.4 is 10.1 Å². The maximum Gasteiger partial charge on any atom is 0.225 e. The lowest BCUT2D eigenvalue weighted by atomic mass is 10.2. The first-order valence-electron chi connectivity index (χ1n) is 7.58. The van der Waals surface area contributed by atoms with Crippen molar-refractivity contribution in [2.45, 2.75) is 12.8 Å². The molecule has 5 heteroatoms. The lowest BCUT2D eigenvalue weighted by Gasteiger charge is -2.09. The second kappa shape index (κ2) is 7.74. The Bertz CT molecular complexity index is 766. The molecular weight excluding hydrogens is 308 g/mol. The third kappa shape index (κ3) is 4.29. The van der Waals surface area contributed by atoms with Gasteiger partial charge in [0.15, 0.2) is 0 Å². The van der Waals surface area contributed by atoms with E-state index in [1.54, 1.807) is 17.5 Å². The van der Waals surface area contributed by atoms with E-state index in [1.165, 1.54) is 0 Å². The third-order valence-corrected chi connectivity index (χ3v) is 4.29. The van der Waals surface area contributed by atoms with Gasteiger partial charge in [0.05, 0.1) is 13.0 Å². The van der Waals surface area contributed by atoms with Gasteiger partial charge in [-0.1, -0.05) is 24.3 Å². The van der Waals surface area contributed by atoms with Crippen LogP contribution in [0.1, 0.15) is 11.3 Å². The number of nitrogens with one attached hydrogen (secondary N) is 1. The zero-order chi connectivity index (χ0) is 15.9. The summed E-state index contributed by atoms with van der Waals surface area (Å²) in [6, 6.07) is 13.8. The number of hydrogen-bond donors (Lipinski definition) is 1. The lowest BCUT2D eigenvalue weighted by molar-refractivity contribution is -0.120. The number of amides is 1. The predicted octanol–water partition coefficient (Wildman–Crippen LogP) is 3.42. The van der Waals surface area contributed by atoms with E-state index in [1.807, 2.05) is 47.8 Å². The number of pyridine rings is 1. The standard InChI is InChI=1S/C18H18N2O2S/c21-17(13-15-7-3-12-23-15)19-10-4-11-22-16-8-1-5-14-6-2-9-20-18(14)16/h1-3,5-9,12H,4,10-11,13H2,(H,19,21). The van der Waals surface area contributed by atoms with Crippen molar-refractivity contribution in [1.29, 1.82) is 0 Å². The minimum Gasteiger partial charge on any atom is -0.491 e. The largest absolute Gasteiger partial charge is 0.491 e. The molecule has 118 valence electrons. The van der Waals surface area contributed by atoms with Crippen LogP contribution in [0.25, 0.3) is 10.9 Å². The number of carbonyl (C=O) groups is 1. The zero-order valence-corrected chi connectivity index (χ0v) is 13.5. The van der Waals surface area contributed by atoms with Crippen LogP contribution in [0.3, 0.4) is 0 Å². The van der Waals surface area contributed by atoms with E-state index < -0.39 is 0 Å². The van der Waals surface area contributed by atoms with Crippen LogP contribution in [0, 0.1) is 0 Å². The van der Waals surface area contributed by atoms with Crippen molar-refractivity contribution >= 4 is 28.1 Å². The number of carbonyl (C=O) groups excluding carboxylic acids is 1. The van der Waals surface area contributed by atoms with Crippen LogP contribution >= 0.6 is 11.3 Å². The quantitative estimate of drug-likeness (QED) is 0.677. The number of para-hydroxylation sites is 1. The molecule has 4 nitrogen and oxygen atoms in total. The molecule has 0 saturated heterocycles. The normalized spacial score (nSPS) is 10.6. The summed E-state index contributed by atoms with van der Waals surface area (Å²) in [4.78, 5) is 17.2. The molecule has 1 aromatic carbocycles. The summed E-state index contributed by atoms with van der Waals surface area (Å²) in [5.41, 5.74) is 0.872. The Labute approximate surface area is 139 Å². The molecule has 2 heterocycles. The molecule has 1 N–H and O–H groups in total. The Kier molecular flexibility index (Phi) is 5.21. The Morgan fingerprint density at radius 3 is 2.96 bits per heavy atom. The Morgan fingerprint density at radius 1 is 1.17 bits per heavy atom. The molecule has 23 heavy (non-hydrogen) atoms. The molecule has 0 unspecified atom stereocenters. The van der Waals surface area contributed by atoms with Gasteiger partial charge in [0.1, 0.15) is 11.3 Å². The fraction of sp³-hybridized carbons (Fsp3) is 0.222. The fourth-order valence-corrected chi connectivity index (χ4v) is 3.01. The van der Waals surface area contributed by atoms with Crippen LogP contribution in [-0.4, -0.2) is 24.0 Å². The number of rotatable bonds is 7. The number of ether oxygens (including phenoxy) is 1. The van der Waals surface area contributed by atoms with Gasteiger partial charge in [-0.3, -0.25) is 9.78 Å². The second-order valence-electron chi connectivity index (χ2n) is 5.14. The van der Waals surface area contributed by atoms with Gasteiger partial charge in [0.25, 0.3) is 0 Å². The fourth-order valence-electron chi connectivity index (χ4n) is 2.31. The topological polar surface area (TPSA) is 51.2 Å². The molecule has 0 fully saturated rings. The summed E-state index contributed by atoms with van der Waals surface area (Å²) in [5.74, 6) is 0.840. The molecule has 0 saturated carbocycles. The highest BCUT2D eigenvalue weighted by Gasteiger charge is 2.04. The average molecular weight is 326 g/mol. The summed E-state index contributed by atoms with van der Waals surface area (Å²) in [6.45, 7) is 1.16. The van der Waals surface area contributed by atoms with Crippen LogP contribution in [0.2, 0.25) is 0 Å². The van der Waals surface area contributed by atoms with Crippen molar-refractivity contribution in [1.82, 2.24) is 10.3 Å². The van der Waals surface area contributed by atoms with Crippen molar-refractivity contribution in [2.75, 3.05) is 13.2 Å². The summed E-state index contributed by atoms with van der Waals surface area (Å²) in [5, 5.41) is 5.96. The third-order valence-electron chi connectivity index (χ3n) is 3.41. The highest BCUT2D eigenvalue weighted by Crippen LogP contribution is 2.22. The van der Waals surface area contributed by atoms with Gasteiger partial charge < -0.3 is 10.1 Å². The van der Waals surface area contributed by atoms with Gasteiger partial charge in [0, 0.05) is 23.0 Å². The number of hydrogen-bond acceptors (Lipinski definition) is 4. The minimum atomic E-state index is 0.0549. The van der Waals surface area contributed by atoms with Crippen LogP contribution in [0.4, 0.5) is 0 Å². The lowest BCUT2D eigenvalue weighted by Crippen LogP contribution is -2.26. The van der Waals surface area contributed by atoms with Crippen molar-refractivity contribution < 1.29 is 9.53 Å². The Morgan fingerprint density at radius 2 is 2.09 bits per heavy atom. The molecule has 0 bridgehead atoms. The first-order chi connectivity index (χ1) is 11.3. The first-order valence-corrected chi connectivity index (χ1v) is 8.46. The zero-order valence-electron chi connectivity index (χ0n) is 12.7. The molecule has 0 aliphatic rings. The van der Waals surface area contributed by atoms with Crippen molar-refractivity contribution in [3.8, 4) is 5.75 Å². The van der Waals surface area contributed by atoms with Gasteiger partial charge in [0.2, 0.25) is 5.91 Å². The summed E-state index contributed by atoms with van der Waals surface area (Å²) < 4.78 is 5.80. The molecule has 3 aromatic rings. The smallest absolute Gasteiger partial charge is 0.225 e. The number of nitrogens with zero attached hydrogens (tertiary/aromatic N) is 1. The van der Waals surface area contributed by atoms with Crippen molar-refractivity contribution in [3.05, 3.63) is 58.9 Å².